The number of aliphatic hydroxyl groups excluding tert-OH is 1. The van der Waals surface area contributed by atoms with Gasteiger partial charge in [0.1, 0.15) is 5.56 Å². The average molecular weight is 346 g/mol. The zero-order valence-corrected chi connectivity index (χ0v) is 14.1. The second-order valence-electron chi connectivity index (χ2n) is 6.58. The van der Waals surface area contributed by atoms with Crippen LogP contribution in [0, 0.1) is 0 Å². The van der Waals surface area contributed by atoms with Gasteiger partial charge in [-0.15, -0.1) is 5.10 Å². The first-order valence-corrected chi connectivity index (χ1v) is 8.36. The van der Waals surface area contributed by atoms with Crippen LogP contribution in [-0.2, 0) is 6.18 Å². The highest BCUT2D eigenvalue weighted by Gasteiger charge is 2.35. The minimum Gasteiger partial charge on any atom is -0.390 e. The molecule has 0 radical (unpaired) electrons. The first-order chi connectivity index (χ1) is 11.3. The van der Waals surface area contributed by atoms with Gasteiger partial charge in [0.05, 0.1) is 11.8 Å². The Morgan fingerprint density at radius 3 is 2.46 bits per heavy atom. The van der Waals surface area contributed by atoms with E-state index >= 15 is 0 Å². The molecule has 0 aliphatic carbocycles. The number of β-amino-alcohol motifs (C(OH)–C–C–N with tert-alkyl or cyclic N) is 1. The molecule has 1 aliphatic heterocycles. The van der Waals surface area contributed by atoms with Crippen molar-refractivity contribution in [2.24, 2.45) is 0 Å². The Bertz CT molecular complexity index is 531. The highest BCUT2D eigenvalue weighted by atomic mass is 19.4. The summed E-state index contributed by atoms with van der Waals surface area (Å²) in [6.07, 6.45) is -1.88. The first-order valence-electron chi connectivity index (χ1n) is 8.36. The zero-order chi connectivity index (χ0) is 17.7. The van der Waals surface area contributed by atoms with E-state index in [2.05, 4.69) is 20.4 Å². The van der Waals surface area contributed by atoms with E-state index in [1.165, 1.54) is 6.42 Å². The summed E-state index contributed by atoms with van der Waals surface area (Å²) in [5.74, 6) is -0.470. The van der Waals surface area contributed by atoms with Crippen LogP contribution in [0.1, 0.15) is 50.3 Å². The fraction of sp³-hybridized carbons (Fsp3) is 0.750. The SMILES string of the molecule is CC(C)c1cc(C(F)(F)F)c(NCC(O)CN2CCCCC2)nn1. The summed E-state index contributed by atoms with van der Waals surface area (Å²) in [6, 6.07) is 1.02. The van der Waals surface area contributed by atoms with Crippen LogP contribution in [-0.4, -0.2) is 52.5 Å². The Hall–Kier alpha value is -1.41. The van der Waals surface area contributed by atoms with Crippen LogP contribution >= 0.6 is 0 Å². The Labute approximate surface area is 140 Å². The van der Waals surface area contributed by atoms with E-state index in [9.17, 15) is 18.3 Å². The van der Waals surface area contributed by atoms with Gasteiger partial charge in [-0.1, -0.05) is 20.3 Å². The van der Waals surface area contributed by atoms with Crippen molar-refractivity contribution in [1.82, 2.24) is 15.1 Å². The van der Waals surface area contributed by atoms with Crippen molar-refractivity contribution in [3.63, 3.8) is 0 Å². The fourth-order valence-corrected chi connectivity index (χ4v) is 2.75. The number of alkyl halides is 3. The van der Waals surface area contributed by atoms with Crippen LogP contribution in [0.15, 0.2) is 6.07 Å². The molecular formula is C16H25F3N4O. The summed E-state index contributed by atoms with van der Waals surface area (Å²) in [7, 11) is 0. The van der Waals surface area contributed by atoms with E-state index in [1.807, 2.05) is 0 Å². The molecule has 1 saturated heterocycles. The summed E-state index contributed by atoms with van der Waals surface area (Å²) >= 11 is 0. The van der Waals surface area contributed by atoms with Gasteiger partial charge in [-0.25, -0.2) is 0 Å². The standard InChI is InChI=1S/C16H25F3N4O/c1-11(2)14-8-13(16(17,18)19)15(22-21-14)20-9-12(24)10-23-6-4-3-5-7-23/h8,11-12,24H,3-7,9-10H2,1-2H3,(H,20,22). The van der Waals surface area contributed by atoms with Crippen molar-refractivity contribution < 1.29 is 18.3 Å². The quantitative estimate of drug-likeness (QED) is 0.829. The van der Waals surface area contributed by atoms with Gasteiger partial charge in [0.2, 0.25) is 0 Å². The number of aliphatic hydroxyl groups is 1. The lowest BCUT2D eigenvalue weighted by molar-refractivity contribution is -0.137. The fourth-order valence-electron chi connectivity index (χ4n) is 2.75. The summed E-state index contributed by atoms with van der Waals surface area (Å²) in [4.78, 5) is 2.13. The number of anilines is 1. The third kappa shape index (κ3) is 5.31. The molecule has 1 aliphatic rings. The van der Waals surface area contributed by atoms with Crippen molar-refractivity contribution >= 4 is 5.82 Å². The third-order valence-corrected chi connectivity index (χ3v) is 4.13. The van der Waals surface area contributed by atoms with Crippen molar-refractivity contribution in [1.29, 1.82) is 0 Å². The summed E-state index contributed by atoms with van der Waals surface area (Å²) in [5.41, 5.74) is -0.548. The van der Waals surface area contributed by atoms with E-state index in [1.54, 1.807) is 13.8 Å². The lowest BCUT2D eigenvalue weighted by Gasteiger charge is -2.28. The number of aromatic nitrogens is 2. The molecule has 24 heavy (non-hydrogen) atoms. The monoisotopic (exact) mass is 346 g/mol. The lowest BCUT2D eigenvalue weighted by Crippen LogP contribution is -2.39. The van der Waals surface area contributed by atoms with E-state index in [-0.39, 0.29) is 18.3 Å². The van der Waals surface area contributed by atoms with Crippen LogP contribution in [0.5, 0.6) is 0 Å². The predicted octanol–water partition coefficient (Wildman–Crippen LogP) is 2.88. The molecule has 2 rings (SSSR count). The first kappa shape index (κ1) is 18.9. The van der Waals surface area contributed by atoms with E-state index in [0.717, 1.165) is 32.0 Å². The Morgan fingerprint density at radius 2 is 1.88 bits per heavy atom. The molecule has 1 fully saturated rings. The Balaban J connectivity index is 2.00. The molecule has 2 N–H and O–H groups in total. The van der Waals surface area contributed by atoms with E-state index < -0.39 is 17.8 Å². The molecule has 136 valence electrons. The molecule has 0 aromatic carbocycles. The van der Waals surface area contributed by atoms with Crippen molar-refractivity contribution in [3.05, 3.63) is 17.3 Å². The molecule has 0 amide bonds. The minimum atomic E-state index is -4.51. The van der Waals surface area contributed by atoms with Crippen molar-refractivity contribution in [3.8, 4) is 0 Å². The topological polar surface area (TPSA) is 61.3 Å². The van der Waals surface area contributed by atoms with Gasteiger partial charge in [0, 0.05) is 13.1 Å². The van der Waals surface area contributed by atoms with Gasteiger partial charge in [-0.2, -0.15) is 18.3 Å². The number of nitrogens with zero attached hydrogens (tertiary/aromatic N) is 3. The van der Waals surface area contributed by atoms with Gasteiger partial charge in [-0.3, -0.25) is 0 Å². The Kier molecular flexibility index (Phi) is 6.40. The van der Waals surface area contributed by atoms with Crippen molar-refractivity contribution in [2.45, 2.75) is 51.3 Å². The number of hydrogen-bond acceptors (Lipinski definition) is 5. The molecule has 0 saturated carbocycles. The maximum Gasteiger partial charge on any atom is 0.420 e. The second-order valence-corrected chi connectivity index (χ2v) is 6.58. The van der Waals surface area contributed by atoms with Crippen LogP contribution in [0.3, 0.4) is 0 Å². The zero-order valence-electron chi connectivity index (χ0n) is 14.1. The number of likely N-dealkylation sites (tertiary alicyclic amines) is 1. The maximum absolute atomic E-state index is 13.2. The largest absolute Gasteiger partial charge is 0.420 e. The van der Waals surface area contributed by atoms with Gasteiger partial charge in [0.25, 0.3) is 0 Å². The van der Waals surface area contributed by atoms with Gasteiger partial charge < -0.3 is 15.3 Å². The molecular weight excluding hydrogens is 321 g/mol. The van der Waals surface area contributed by atoms with Crippen LogP contribution in [0.2, 0.25) is 0 Å². The van der Waals surface area contributed by atoms with E-state index in [0.29, 0.717) is 12.2 Å². The minimum absolute atomic E-state index is 0.00921. The maximum atomic E-state index is 13.2. The summed E-state index contributed by atoms with van der Waals surface area (Å²) < 4.78 is 39.6. The number of halogens is 3. The van der Waals surface area contributed by atoms with Gasteiger partial charge in [-0.05, 0) is 37.9 Å². The third-order valence-electron chi connectivity index (χ3n) is 4.13. The lowest BCUT2D eigenvalue weighted by atomic mass is 10.1. The molecule has 0 bridgehead atoms. The predicted molar refractivity (Wildman–Crippen MR) is 85.9 cm³/mol. The van der Waals surface area contributed by atoms with Gasteiger partial charge >= 0.3 is 6.18 Å². The molecule has 5 nitrogen and oxygen atoms in total. The smallest absolute Gasteiger partial charge is 0.390 e. The highest BCUT2D eigenvalue weighted by Crippen LogP contribution is 2.34. The second kappa shape index (κ2) is 8.11. The molecule has 0 spiro atoms. The summed E-state index contributed by atoms with van der Waals surface area (Å²) in [6.45, 7) is 5.84. The Morgan fingerprint density at radius 1 is 1.21 bits per heavy atom. The number of hydrogen-bond donors (Lipinski definition) is 2. The molecule has 1 aromatic heterocycles. The van der Waals surface area contributed by atoms with Crippen LogP contribution in [0.4, 0.5) is 19.0 Å². The molecule has 1 aromatic rings. The normalized spacial score (nSPS) is 18.0. The highest BCUT2D eigenvalue weighted by molar-refractivity contribution is 5.46. The number of piperidine rings is 1. The van der Waals surface area contributed by atoms with E-state index in [4.69, 9.17) is 0 Å². The molecule has 1 unspecified atom stereocenters. The van der Waals surface area contributed by atoms with Gasteiger partial charge in [0.15, 0.2) is 5.82 Å². The molecule has 1 atom stereocenters. The summed E-state index contributed by atoms with van der Waals surface area (Å²) in [5, 5.41) is 20.2. The molecule has 8 heteroatoms. The average Bonchev–Trinajstić information content (AvgIpc) is 2.52. The molecule has 2 heterocycles. The van der Waals surface area contributed by atoms with Crippen molar-refractivity contribution in [2.75, 3.05) is 31.5 Å². The van der Waals surface area contributed by atoms with Crippen LogP contribution in [0.25, 0.3) is 0 Å². The number of nitrogens with one attached hydrogen (secondary N) is 1. The van der Waals surface area contributed by atoms with Crippen LogP contribution < -0.4 is 5.32 Å². The number of rotatable bonds is 6.